The monoisotopic (exact) mass is 861 g/mol. The third-order valence-corrected chi connectivity index (χ3v) is 11.1. The van der Waals surface area contributed by atoms with E-state index in [1.807, 2.05) is 0 Å². The van der Waals surface area contributed by atoms with Crippen LogP contribution in [0.15, 0.2) is 72.9 Å². The van der Waals surface area contributed by atoms with Crippen molar-refractivity contribution >= 4 is 19.8 Å². The SMILES string of the molecule is CC/C=C\C/C=C\C/C=C\C/C=C\CCCCCCCCCCCCC(=O)OC(COC(=O)CCCCCCCCC/C=C\C/C=C\CCCCC)COP(=O)(O)OCC. The van der Waals surface area contributed by atoms with Crippen LogP contribution in [0.25, 0.3) is 0 Å². The highest BCUT2D eigenvalue weighted by Crippen LogP contribution is 2.43. The number of esters is 2. The maximum atomic E-state index is 12.6. The van der Waals surface area contributed by atoms with Crippen molar-refractivity contribution in [1.82, 2.24) is 0 Å². The first kappa shape index (κ1) is 57.5. The van der Waals surface area contributed by atoms with Crippen LogP contribution in [0.1, 0.15) is 213 Å². The van der Waals surface area contributed by atoms with Crippen molar-refractivity contribution in [3.05, 3.63) is 72.9 Å². The van der Waals surface area contributed by atoms with E-state index in [0.29, 0.717) is 6.42 Å². The molecule has 60 heavy (non-hydrogen) atoms. The van der Waals surface area contributed by atoms with Crippen molar-refractivity contribution < 1.29 is 37.6 Å². The zero-order chi connectivity index (χ0) is 43.9. The summed E-state index contributed by atoms with van der Waals surface area (Å²) in [5.41, 5.74) is 0. The summed E-state index contributed by atoms with van der Waals surface area (Å²) < 4.78 is 32.8. The molecule has 9 heteroatoms. The lowest BCUT2D eigenvalue weighted by molar-refractivity contribution is -0.161. The Labute approximate surface area is 368 Å². The molecule has 346 valence electrons. The quantitative estimate of drug-likeness (QED) is 0.0279. The highest BCUT2D eigenvalue weighted by Gasteiger charge is 2.25. The molecule has 1 N–H and O–H groups in total. The molecular weight excluding hydrogens is 772 g/mol. The summed E-state index contributed by atoms with van der Waals surface area (Å²) in [6.45, 7) is 5.33. The van der Waals surface area contributed by atoms with Crippen LogP contribution in [0.4, 0.5) is 0 Å². The Morgan fingerprint density at radius 1 is 0.467 bits per heavy atom. The molecule has 0 fully saturated rings. The van der Waals surface area contributed by atoms with Gasteiger partial charge in [0.2, 0.25) is 0 Å². The predicted octanol–water partition coefficient (Wildman–Crippen LogP) is 15.7. The van der Waals surface area contributed by atoms with Gasteiger partial charge in [0.05, 0.1) is 13.2 Å². The number of phosphoric ester groups is 1. The van der Waals surface area contributed by atoms with Crippen molar-refractivity contribution in [2.75, 3.05) is 19.8 Å². The predicted molar refractivity (Wildman–Crippen MR) is 253 cm³/mol. The van der Waals surface area contributed by atoms with Crippen LogP contribution in [0.5, 0.6) is 0 Å². The number of hydrogen-bond donors (Lipinski definition) is 1. The molecule has 0 aliphatic heterocycles. The van der Waals surface area contributed by atoms with Crippen molar-refractivity contribution in [3.63, 3.8) is 0 Å². The van der Waals surface area contributed by atoms with Gasteiger partial charge in [0.15, 0.2) is 6.10 Å². The minimum Gasteiger partial charge on any atom is -0.462 e. The van der Waals surface area contributed by atoms with Crippen molar-refractivity contribution in [1.29, 1.82) is 0 Å². The topological polar surface area (TPSA) is 108 Å². The minimum atomic E-state index is -4.29. The van der Waals surface area contributed by atoms with E-state index in [1.165, 1.54) is 83.5 Å². The minimum absolute atomic E-state index is 0.00478. The summed E-state index contributed by atoms with van der Waals surface area (Å²) in [5, 5.41) is 0. The zero-order valence-electron chi connectivity index (χ0n) is 38.6. The maximum Gasteiger partial charge on any atom is 0.472 e. The van der Waals surface area contributed by atoms with Crippen molar-refractivity contribution in [2.45, 2.75) is 219 Å². The molecule has 0 aliphatic carbocycles. The molecule has 0 heterocycles. The third-order valence-electron chi connectivity index (χ3n) is 10.00. The van der Waals surface area contributed by atoms with Crippen LogP contribution in [0.3, 0.4) is 0 Å². The average molecular weight is 861 g/mol. The van der Waals surface area contributed by atoms with E-state index in [4.69, 9.17) is 18.5 Å². The highest BCUT2D eigenvalue weighted by atomic mass is 31.2. The van der Waals surface area contributed by atoms with Crippen LogP contribution in [0, 0.1) is 0 Å². The average Bonchev–Trinajstić information content (AvgIpc) is 3.23. The third kappa shape index (κ3) is 45.0. The molecule has 0 aromatic carbocycles. The number of hydrogen-bond acceptors (Lipinski definition) is 7. The summed E-state index contributed by atoms with van der Waals surface area (Å²) in [5.74, 6) is -0.812. The van der Waals surface area contributed by atoms with Gasteiger partial charge in [-0.05, 0) is 90.4 Å². The Morgan fingerprint density at radius 3 is 1.28 bits per heavy atom. The summed E-state index contributed by atoms with van der Waals surface area (Å²) in [7, 11) is -4.29. The molecule has 2 atom stereocenters. The number of carbonyl (C=O) groups excluding carboxylic acids is 2. The number of unbranched alkanes of at least 4 members (excludes halogenated alkanes) is 20. The van der Waals surface area contributed by atoms with Crippen LogP contribution < -0.4 is 0 Å². The zero-order valence-corrected chi connectivity index (χ0v) is 39.5. The second-order valence-electron chi connectivity index (χ2n) is 15.7. The Bertz CT molecular complexity index is 1200. The van der Waals surface area contributed by atoms with Crippen LogP contribution in [-0.4, -0.2) is 42.8 Å². The Kier molecular flexibility index (Phi) is 44.1. The molecule has 0 aliphatic rings. The summed E-state index contributed by atoms with van der Waals surface area (Å²) in [6.07, 6.45) is 58.1. The van der Waals surface area contributed by atoms with Gasteiger partial charge >= 0.3 is 19.8 Å². The van der Waals surface area contributed by atoms with Gasteiger partial charge in [0, 0.05) is 12.8 Å². The van der Waals surface area contributed by atoms with Gasteiger partial charge in [-0.3, -0.25) is 18.6 Å². The number of allylic oxidation sites excluding steroid dienone is 12. The molecule has 0 bridgehead atoms. The molecule has 0 saturated carbocycles. The lowest BCUT2D eigenvalue weighted by Crippen LogP contribution is -2.29. The fourth-order valence-electron chi connectivity index (χ4n) is 6.47. The molecule has 0 aromatic rings. The number of rotatable bonds is 44. The summed E-state index contributed by atoms with van der Waals surface area (Å²) >= 11 is 0. The largest absolute Gasteiger partial charge is 0.472 e. The van der Waals surface area contributed by atoms with Crippen molar-refractivity contribution in [3.8, 4) is 0 Å². The second-order valence-corrected chi connectivity index (χ2v) is 17.2. The maximum absolute atomic E-state index is 12.6. The molecule has 0 radical (unpaired) electrons. The lowest BCUT2D eigenvalue weighted by atomic mass is 10.0. The van der Waals surface area contributed by atoms with E-state index < -0.39 is 26.5 Å². The van der Waals surface area contributed by atoms with E-state index in [1.54, 1.807) is 6.92 Å². The lowest BCUT2D eigenvalue weighted by Gasteiger charge is -2.19. The smallest absolute Gasteiger partial charge is 0.462 e. The molecular formula is C51H89O8P. The van der Waals surface area contributed by atoms with Gasteiger partial charge in [-0.1, -0.05) is 183 Å². The number of ether oxygens (including phenoxy) is 2. The fourth-order valence-corrected chi connectivity index (χ4v) is 7.23. The van der Waals surface area contributed by atoms with Crippen LogP contribution in [-0.2, 0) is 32.7 Å². The van der Waals surface area contributed by atoms with Gasteiger partial charge in [0.1, 0.15) is 6.61 Å². The standard InChI is InChI=1S/C51H89O8P/c1-4-7-9-11-13-15-17-19-21-23-24-25-26-27-28-30-32-34-36-38-40-42-44-46-51(53)59-49(48-58-60(54,55)57-6-3)47-56-50(52)45-43-41-39-37-35-33-31-29-22-20-18-16-14-12-10-8-5-2/h7,9,13-16,19-22,24-25,49H,4-6,8,10-12,17-18,23,26-48H2,1-3H3,(H,54,55)/b9-7-,15-13-,16-14-,21-19-,22-20-,25-24-. The van der Waals surface area contributed by atoms with Crippen molar-refractivity contribution in [2.24, 2.45) is 0 Å². The van der Waals surface area contributed by atoms with Gasteiger partial charge in [0.25, 0.3) is 0 Å². The van der Waals surface area contributed by atoms with Gasteiger partial charge < -0.3 is 14.4 Å². The van der Waals surface area contributed by atoms with E-state index in [9.17, 15) is 19.0 Å². The first-order valence-electron chi connectivity index (χ1n) is 24.2. The second kappa shape index (κ2) is 46.0. The number of phosphoric acid groups is 1. The number of carbonyl (C=O) groups is 2. The fraction of sp³-hybridized carbons (Fsp3) is 0.725. The van der Waals surface area contributed by atoms with E-state index in [-0.39, 0.29) is 32.0 Å². The molecule has 0 rings (SSSR count). The molecule has 2 unspecified atom stereocenters. The first-order chi connectivity index (χ1) is 29.3. The first-order valence-corrected chi connectivity index (χ1v) is 25.7. The highest BCUT2D eigenvalue weighted by molar-refractivity contribution is 7.47. The normalized spacial score (nSPS) is 13.9. The van der Waals surface area contributed by atoms with Crippen LogP contribution in [0.2, 0.25) is 0 Å². The Morgan fingerprint density at radius 2 is 0.850 bits per heavy atom. The van der Waals surface area contributed by atoms with Gasteiger partial charge in [-0.25, -0.2) is 4.57 Å². The van der Waals surface area contributed by atoms with Gasteiger partial charge in [-0.2, -0.15) is 0 Å². The van der Waals surface area contributed by atoms with Crippen LogP contribution >= 0.6 is 7.82 Å². The molecule has 0 saturated heterocycles. The Balaban J connectivity index is 4.03. The van der Waals surface area contributed by atoms with E-state index in [2.05, 4.69) is 86.8 Å². The summed E-state index contributed by atoms with van der Waals surface area (Å²) in [6, 6.07) is 0. The molecule has 0 amide bonds. The Hall–Kier alpha value is -2.51. The van der Waals surface area contributed by atoms with E-state index in [0.717, 1.165) is 89.9 Å². The molecule has 0 aromatic heterocycles. The van der Waals surface area contributed by atoms with Gasteiger partial charge in [-0.15, -0.1) is 0 Å². The summed E-state index contributed by atoms with van der Waals surface area (Å²) in [4.78, 5) is 34.9. The molecule has 0 spiro atoms. The molecule has 8 nitrogen and oxygen atoms in total. The van der Waals surface area contributed by atoms with E-state index >= 15 is 0 Å².